The van der Waals surface area contributed by atoms with Crippen molar-refractivity contribution in [3.63, 3.8) is 0 Å². The van der Waals surface area contributed by atoms with Crippen molar-refractivity contribution >= 4 is 5.91 Å². The van der Waals surface area contributed by atoms with Crippen LogP contribution in [0.2, 0.25) is 0 Å². The highest BCUT2D eigenvalue weighted by molar-refractivity contribution is 5.77. The summed E-state index contributed by atoms with van der Waals surface area (Å²) >= 11 is 0. The van der Waals surface area contributed by atoms with E-state index in [0.717, 1.165) is 0 Å². The van der Waals surface area contributed by atoms with Crippen LogP contribution in [0.4, 0.5) is 0 Å². The Morgan fingerprint density at radius 3 is 2.50 bits per heavy atom. The molecule has 1 unspecified atom stereocenters. The zero-order valence-electron chi connectivity index (χ0n) is 9.42. The van der Waals surface area contributed by atoms with Crippen LogP contribution in [0.15, 0.2) is 0 Å². The molecule has 14 heavy (non-hydrogen) atoms. The first-order valence-corrected chi connectivity index (χ1v) is 4.66. The first-order chi connectivity index (χ1) is 6.37. The Hall–Kier alpha value is -0.650. The number of hydrogen-bond acceptors (Lipinski definition) is 4. The fraction of sp³-hybridized carbons (Fsp3) is 0.889. The highest BCUT2D eigenvalue weighted by Gasteiger charge is 2.21. The van der Waals surface area contributed by atoms with Gasteiger partial charge in [0, 0.05) is 13.1 Å². The Labute approximate surface area is 85.5 Å². The Balaban J connectivity index is 3.80. The van der Waals surface area contributed by atoms with Crippen LogP contribution in [-0.2, 0) is 4.79 Å². The minimum absolute atomic E-state index is 0.105. The molecule has 5 heteroatoms. The van der Waals surface area contributed by atoms with Gasteiger partial charge in [-0.2, -0.15) is 0 Å². The molecule has 3 N–H and O–H groups in total. The maximum atomic E-state index is 11.1. The SMILES string of the molecule is CNCC(=O)NCC(C)(O)CN(C)C. The molecule has 0 spiro atoms. The largest absolute Gasteiger partial charge is 0.387 e. The predicted octanol–water partition coefficient (Wildman–Crippen LogP) is -1.37. The normalized spacial score (nSPS) is 15.3. The van der Waals surface area contributed by atoms with Crippen molar-refractivity contribution in [1.29, 1.82) is 0 Å². The Kier molecular flexibility index (Phi) is 5.68. The number of nitrogens with one attached hydrogen (secondary N) is 2. The summed E-state index contributed by atoms with van der Waals surface area (Å²) in [5.41, 5.74) is -0.882. The number of likely N-dealkylation sites (N-methyl/N-ethyl adjacent to an activating group) is 2. The predicted molar refractivity (Wildman–Crippen MR) is 56.1 cm³/mol. The molecule has 84 valence electrons. The molecule has 0 aromatic heterocycles. The van der Waals surface area contributed by atoms with Crippen LogP contribution in [0.3, 0.4) is 0 Å². The number of amides is 1. The summed E-state index contributed by atoms with van der Waals surface area (Å²) in [4.78, 5) is 13.0. The van der Waals surface area contributed by atoms with Crippen LogP contribution in [0.1, 0.15) is 6.92 Å². The van der Waals surface area contributed by atoms with E-state index >= 15 is 0 Å². The zero-order valence-corrected chi connectivity index (χ0v) is 9.42. The lowest BCUT2D eigenvalue weighted by atomic mass is 10.1. The lowest BCUT2D eigenvalue weighted by Gasteiger charge is -2.27. The van der Waals surface area contributed by atoms with Crippen LogP contribution in [0.5, 0.6) is 0 Å². The van der Waals surface area contributed by atoms with Crippen molar-refractivity contribution in [2.75, 3.05) is 40.8 Å². The van der Waals surface area contributed by atoms with Gasteiger partial charge in [-0.05, 0) is 28.1 Å². The molecule has 0 saturated heterocycles. The van der Waals surface area contributed by atoms with Gasteiger partial charge in [-0.1, -0.05) is 0 Å². The highest BCUT2D eigenvalue weighted by atomic mass is 16.3. The standard InChI is InChI=1S/C9H21N3O2/c1-9(14,7-12(3)4)6-11-8(13)5-10-2/h10,14H,5-7H2,1-4H3,(H,11,13). The van der Waals surface area contributed by atoms with Gasteiger partial charge in [-0.15, -0.1) is 0 Å². The summed E-state index contributed by atoms with van der Waals surface area (Å²) in [6, 6.07) is 0. The molecule has 0 aliphatic rings. The number of aliphatic hydroxyl groups is 1. The van der Waals surface area contributed by atoms with E-state index in [4.69, 9.17) is 0 Å². The topological polar surface area (TPSA) is 64.6 Å². The van der Waals surface area contributed by atoms with Crippen molar-refractivity contribution < 1.29 is 9.90 Å². The summed E-state index contributed by atoms with van der Waals surface area (Å²) < 4.78 is 0. The Morgan fingerprint density at radius 2 is 2.07 bits per heavy atom. The second-order valence-electron chi connectivity index (χ2n) is 4.04. The maximum absolute atomic E-state index is 11.1. The van der Waals surface area contributed by atoms with E-state index in [2.05, 4.69) is 10.6 Å². The molecule has 0 radical (unpaired) electrons. The molecule has 0 saturated carbocycles. The van der Waals surface area contributed by atoms with Gasteiger partial charge < -0.3 is 20.6 Å². The van der Waals surface area contributed by atoms with Gasteiger partial charge in [-0.25, -0.2) is 0 Å². The van der Waals surface area contributed by atoms with Gasteiger partial charge in [0.2, 0.25) is 5.91 Å². The van der Waals surface area contributed by atoms with Crippen molar-refractivity contribution in [3.8, 4) is 0 Å². The van der Waals surface area contributed by atoms with E-state index in [-0.39, 0.29) is 19.0 Å². The van der Waals surface area contributed by atoms with Crippen LogP contribution >= 0.6 is 0 Å². The van der Waals surface area contributed by atoms with E-state index < -0.39 is 5.60 Å². The average Bonchev–Trinajstić information content (AvgIpc) is 1.99. The fourth-order valence-corrected chi connectivity index (χ4v) is 1.25. The van der Waals surface area contributed by atoms with Crippen molar-refractivity contribution in [2.24, 2.45) is 0 Å². The van der Waals surface area contributed by atoms with Crippen molar-refractivity contribution in [2.45, 2.75) is 12.5 Å². The molecular weight excluding hydrogens is 182 g/mol. The van der Waals surface area contributed by atoms with Crippen molar-refractivity contribution in [1.82, 2.24) is 15.5 Å². The molecule has 0 rings (SSSR count). The maximum Gasteiger partial charge on any atom is 0.234 e. The number of hydrogen-bond donors (Lipinski definition) is 3. The first kappa shape index (κ1) is 13.4. The number of carbonyl (C=O) groups excluding carboxylic acids is 1. The Bertz CT molecular complexity index is 181. The molecule has 0 fully saturated rings. The molecule has 0 heterocycles. The van der Waals surface area contributed by atoms with Gasteiger partial charge in [-0.3, -0.25) is 4.79 Å². The van der Waals surface area contributed by atoms with E-state index in [1.165, 1.54) is 0 Å². The summed E-state index contributed by atoms with van der Waals surface area (Å²) in [6.45, 7) is 2.77. The lowest BCUT2D eigenvalue weighted by molar-refractivity contribution is -0.121. The first-order valence-electron chi connectivity index (χ1n) is 4.66. The van der Waals surface area contributed by atoms with Gasteiger partial charge in [0.15, 0.2) is 0 Å². The third kappa shape index (κ3) is 6.82. The minimum atomic E-state index is -0.882. The van der Waals surface area contributed by atoms with Crippen LogP contribution < -0.4 is 10.6 Å². The van der Waals surface area contributed by atoms with E-state index in [1.807, 2.05) is 19.0 Å². The molecule has 1 amide bonds. The quantitative estimate of drug-likeness (QED) is 0.498. The van der Waals surface area contributed by atoms with Gasteiger partial charge >= 0.3 is 0 Å². The summed E-state index contributed by atoms with van der Waals surface area (Å²) in [7, 11) is 5.46. The molecule has 1 atom stereocenters. The molecule has 0 aliphatic heterocycles. The summed E-state index contributed by atoms with van der Waals surface area (Å²) in [5, 5.41) is 15.2. The zero-order chi connectivity index (χ0) is 11.2. The number of carbonyl (C=O) groups is 1. The molecule has 0 bridgehead atoms. The second kappa shape index (κ2) is 5.95. The molecule has 0 aromatic rings. The highest BCUT2D eigenvalue weighted by Crippen LogP contribution is 2.01. The number of rotatable bonds is 6. The molecule has 0 aliphatic carbocycles. The molecule has 0 aromatic carbocycles. The number of nitrogens with zero attached hydrogens (tertiary/aromatic N) is 1. The monoisotopic (exact) mass is 203 g/mol. The third-order valence-corrected chi connectivity index (χ3v) is 1.66. The summed E-state index contributed by atoms with van der Waals surface area (Å²) in [5.74, 6) is -0.105. The Morgan fingerprint density at radius 1 is 1.50 bits per heavy atom. The lowest BCUT2D eigenvalue weighted by Crippen LogP contribution is -2.48. The van der Waals surface area contributed by atoms with Gasteiger partial charge in [0.05, 0.1) is 12.1 Å². The van der Waals surface area contributed by atoms with E-state index in [0.29, 0.717) is 6.54 Å². The summed E-state index contributed by atoms with van der Waals surface area (Å²) in [6.07, 6.45) is 0. The van der Waals surface area contributed by atoms with Crippen LogP contribution in [0.25, 0.3) is 0 Å². The molecule has 5 nitrogen and oxygen atoms in total. The fourth-order valence-electron chi connectivity index (χ4n) is 1.25. The van der Waals surface area contributed by atoms with Crippen molar-refractivity contribution in [3.05, 3.63) is 0 Å². The molecular formula is C9H21N3O2. The van der Waals surface area contributed by atoms with E-state index in [1.54, 1.807) is 14.0 Å². The average molecular weight is 203 g/mol. The van der Waals surface area contributed by atoms with Gasteiger partial charge in [0.25, 0.3) is 0 Å². The second-order valence-corrected chi connectivity index (χ2v) is 4.04. The minimum Gasteiger partial charge on any atom is -0.387 e. The van der Waals surface area contributed by atoms with Gasteiger partial charge in [0.1, 0.15) is 0 Å². The van der Waals surface area contributed by atoms with Crippen LogP contribution in [0, 0.1) is 0 Å². The van der Waals surface area contributed by atoms with E-state index in [9.17, 15) is 9.90 Å². The van der Waals surface area contributed by atoms with Crippen LogP contribution in [-0.4, -0.2) is 62.3 Å². The third-order valence-electron chi connectivity index (χ3n) is 1.66. The smallest absolute Gasteiger partial charge is 0.234 e.